The third-order valence-corrected chi connectivity index (χ3v) is 4.91. The van der Waals surface area contributed by atoms with Crippen LogP contribution in [0.15, 0.2) is 18.2 Å². The summed E-state index contributed by atoms with van der Waals surface area (Å²) in [7, 11) is 0. The van der Waals surface area contributed by atoms with Gasteiger partial charge in [-0.25, -0.2) is 0 Å². The lowest BCUT2D eigenvalue weighted by Gasteiger charge is -2.23. The standard InChI is InChI=1S/C18H29N3O.ClH/c1-13-5-6-16(9-14(13)2)15(3)20-17(22)10-21-8-7-18(4,11-19)12-21;/h5-6,9,15H,7-8,10-12,19H2,1-4H3,(H,20,22);1H. The van der Waals surface area contributed by atoms with Gasteiger partial charge < -0.3 is 11.1 Å². The zero-order chi connectivity index (χ0) is 16.3. The molecule has 1 aromatic rings. The number of carbonyl (C=O) groups is 1. The Morgan fingerprint density at radius 3 is 2.65 bits per heavy atom. The van der Waals surface area contributed by atoms with Gasteiger partial charge in [0, 0.05) is 6.54 Å². The van der Waals surface area contributed by atoms with Gasteiger partial charge in [0.05, 0.1) is 12.6 Å². The molecule has 5 heteroatoms. The maximum Gasteiger partial charge on any atom is 0.234 e. The smallest absolute Gasteiger partial charge is 0.234 e. The Bertz CT molecular complexity index is 549. The fourth-order valence-electron chi connectivity index (χ4n) is 3.04. The minimum Gasteiger partial charge on any atom is -0.348 e. The molecule has 1 heterocycles. The SMILES string of the molecule is Cc1ccc(C(C)NC(=O)CN2CCC(C)(CN)C2)cc1C.Cl. The lowest BCUT2D eigenvalue weighted by atomic mass is 9.90. The van der Waals surface area contributed by atoms with E-state index in [2.05, 4.69) is 49.2 Å². The van der Waals surface area contributed by atoms with Gasteiger partial charge in [0.2, 0.25) is 5.91 Å². The first kappa shape index (κ1) is 19.9. The molecule has 0 spiro atoms. The van der Waals surface area contributed by atoms with Crippen molar-refractivity contribution < 1.29 is 4.79 Å². The number of hydrogen-bond acceptors (Lipinski definition) is 3. The lowest BCUT2D eigenvalue weighted by molar-refractivity contribution is -0.122. The van der Waals surface area contributed by atoms with E-state index in [4.69, 9.17) is 5.73 Å². The van der Waals surface area contributed by atoms with Crippen LogP contribution in [0.1, 0.15) is 43.0 Å². The fraction of sp³-hybridized carbons (Fsp3) is 0.611. The molecule has 2 unspecified atom stereocenters. The Kier molecular flexibility index (Phi) is 7.05. The van der Waals surface area contributed by atoms with Crippen molar-refractivity contribution in [1.82, 2.24) is 10.2 Å². The van der Waals surface area contributed by atoms with Crippen LogP contribution in [0.5, 0.6) is 0 Å². The Balaban J connectivity index is 0.00000264. The summed E-state index contributed by atoms with van der Waals surface area (Å²) in [5, 5.41) is 3.10. The van der Waals surface area contributed by atoms with E-state index in [-0.39, 0.29) is 29.8 Å². The second-order valence-corrected chi connectivity index (χ2v) is 7.11. The van der Waals surface area contributed by atoms with Crippen molar-refractivity contribution in [2.24, 2.45) is 11.1 Å². The molecular weight excluding hydrogens is 310 g/mol. The molecule has 0 aromatic heterocycles. The molecule has 2 rings (SSSR count). The van der Waals surface area contributed by atoms with Crippen LogP contribution in [0.3, 0.4) is 0 Å². The molecule has 4 nitrogen and oxygen atoms in total. The van der Waals surface area contributed by atoms with Crippen LogP contribution in [0.2, 0.25) is 0 Å². The van der Waals surface area contributed by atoms with Crippen LogP contribution >= 0.6 is 12.4 Å². The number of amides is 1. The summed E-state index contributed by atoms with van der Waals surface area (Å²) in [6.45, 7) is 11.5. The van der Waals surface area contributed by atoms with Crippen molar-refractivity contribution in [1.29, 1.82) is 0 Å². The molecule has 1 aliphatic rings. The van der Waals surface area contributed by atoms with Crippen LogP contribution in [0, 0.1) is 19.3 Å². The molecular formula is C18H30ClN3O. The predicted molar refractivity (Wildman–Crippen MR) is 97.9 cm³/mol. The summed E-state index contributed by atoms with van der Waals surface area (Å²) >= 11 is 0. The summed E-state index contributed by atoms with van der Waals surface area (Å²) in [5.41, 5.74) is 9.68. The average Bonchev–Trinajstić information content (AvgIpc) is 2.83. The molecule has 1 fully saturated rings. The number of benzene rings is 1. The van der Waals surface area contributed by atoms with E-state index in [0.29, 0.717) is 13.1 Å². The minimum absolute atomic E-state index is 0. The Morgan fingerprint density at radius 2 is 2.09 bits per heavy atom. The summed E-state index contributed by atoms with van der Waals surface area (Å²) in [6.07, 6.45) is 1.07. The topological polar surface area (TPSA) is 58.4 Å². The maximum absolute atomic E-state index is 12.2. The van der Waals surface area contributed by atoms with Crippen molar-refractivity contribution >= 4 is 18.3 Å². The van der Waals surface area contributed by atoms with Crippen LogP contribution in [-0.2, 0) is 4.79 Å². The molecule has 23 heavy (non-hydrogen) atoms. The van der Waals surface area contributed by atoms with Gasteiger partial charge in [0.15, 0.2) is 0 Å². The van der Waals surface area contributed by atoms with Crippen LogP contribution < -0.4 is 11.1 Å². The van der Waals surface area contributed by atoms with Crippen LogP contribution in [-0.4, -0.2) is 37.0 Å². The predicted octanol–water partition coefficient (Wildman–Crippen LogP) is 2.57. The highest BCUT2D eigenvalue weighted by Crippen LogP contribution is 2.28. The Morgan fingerprint density at radius 1 is 1.39 bits per heavy atom. The van der Waals surface area contributed by atoms with Gasteiger partial charge in [-0.05, 0) is 62.4 Å². The van der Waals surface area contributed by atoms with Crippen molar-refractivity contribution in [2.75, 3.05) is 26.2 Å². The first-order chi connectivity index (χ1) is 10.3. The number of halogens is 1. The van der Waals surface area contributed by atoms with E-state index in [0.717, 1.165) is 25.1 Å². The quantitative estimate of drug-likeness (QED) is 0.866. The normalized spacial score (nSPS) is 22.5. The van der Waals surface area contributed by atoms with Crippen molar-refractivity contribution in [3.05, 3.63) is 34.9 Å². The number of hydrogen-bond donors (Lipinski definition) is 2. The highest BCUT2D eigenvalue weighted by molar-refractivity contribution is 5.85. The molecule has 0 bridgehead atoms. The maximum atomic E-state index is 12.2. The first-order valence-corrected chi connectivity index (χ1v) is 8.12. The zero-order valence-corrected chi connectivity index (χ0v) is 15.5. The molecule has 1 saturated heterocycles. The number of rotatable bonds is 5. The van der Waals surface area contributed by atoms with E-state index >= 15 is 0 Å². The van der Waals surface area contributed by atoms with Crippen LogP contribution in [0.25, 0.3) is 0 Å². The van der Waals surface area contributed by atoms with Gasteiger partial charge in [-0.3, -0.25) is 9.69 Å². The average molecular weight is 340 g/mol. The molecule has 130 valence electrons. The summed E-state index contributed by atoms with van der Waals surface area (Å²) in [6, 6.07) is 6.40. The van der Waals surface area contributed by atoms with E-state index in [9.17, 15) is 4.79 Å². The van der Waals surface area contributed by atoms with Crippen molar-refractivity contribution in [3.8, 4) is 0 Å². The lowest BCUT2D eigenvalue weighted by Crippen LogP contribution is -2.39. The molecule has 1 aromatic carbocycles. The molecule has 0 radical (unpaired) electrons. The van der Waals surface area contributed by atoms with Gasteiger partial charge in [0.25, 0.3) is 0 Å². The highest BCUT2D eigenvalue weighted by atomic mass is 35.5. The van der Waals surface area contributed by atoms with E-state index < -0.39 is 0 Å². The van der Waals surface area contributed by atoms with Gasteiger partial charge in [-0.1, -0.05) is 25.1 Å². The largest absolute Gasteiger partial charge is 0.348 e. The second kappa shape index (κ2) is 8.13. The van der Waals surface area contributed by atoms with Crippen molar-refractivity contribution in [2.45, 2.75) is 40.2 Å². The van der Waals surface area contributed by atoms with Gasteiger partial charge in [-0.15, -0.1) is 12.4 Å². The Labute approximate surface area is 146 Å². The number of likely N-dealkylation sites (tertiary alicyclic amines) is 1. The number of aryl methyl sites for hydroxylation is 2. The fourth-order valence-corrected chi connectivity index (χ4v) is 3.04. The molecule has 2 atom stereocenters. The third kappa shape index (κ3) is 5.20. The molecule has 1 aliphatic heterocycles. The number of carbonyl (C=O) groups excluding carboxylic acids is 1. The highest BCUT2D eigenvalue weighted by Gasteiger charge is 2.33. The molecule has 0 aliphatic carbocycles. The summed E-state index contributed by atoms with van der Waals surface area (Å²) in [5.74, 6) is 0.0898. The van der Waals surface area contributed by atoms with Crippen LogP contribution in [0.4, 0.5) is 0 Å². The van der Waals surface area contributed by atoms with Gasteiger partial charge in [-0.2, -0.15) is 0 Å². The monoisotopic (exact) mass is 339 g/mol. The van der Waals surface area contributed by atoms with Crippen molar-refractivity contribution in [3.63, 3.8) is 0 Å². The third-order valence-electron chi connectivity index (χ3n) is 4.91. The Hall–Kier alpha value is -1.10. The number of nitrogens with zero attached hydrogens (tertiary/aromatic N) is 1. The van der Waals surface area contributed by atoms with E-state index in [1.165, 1.54) is 11.1 Å². The summed E-state index contributed by atoms with van der Waals surface area (Å²) in [4.78, 5) is 14.5. The number of nitrogens with one attached hydrogen (secondary N) is 1. The minimum atomic E-state index is 0. The molecule has 0 saturated carbocycles. The molecule has 1 amide bonds. The summed E-state index contributed by atoms with van der Waals surface area (Å²) < 4.78 is 0. The van der Waals surface area contributed by atoms with E-state index in [1.54, 1.807) is 0 Å². The zero-order valence-electron chi connectivity index (χ0n) is 14.7. The first-order valence-electron chi connectivity index (χ1n) is 8.12. The second-order valence-electron chi connectivity index (χ2n) is 7.11. The van der Waals surface area contributed by atoms with Gasteiger partial charge >= 0.3 is 0 Å². The molecule has 3 N–H and O–H groups in total. The van der Waals surface area contributed by atoms with Gasteiger partial charge in [0.1, 0.15) is 0 Å². The number of nitrogens with two attached hydrogens (primary N) is 1. The van der Waals surface area contributed by atoms with E-state index in [1.807, 2.05) is 6.92 Å².